The molecule has 0 fully saturated rings. The van der Waals surface area contributed by atoms with Crippen LogP contribution in [0.1, 0.15) is 16.1 Å². The first kappa shape index (κ1) is 22.4. The molecule has 0 bridgehead atoms. The first-order chi connectivity index (χ1) is 15.5. The van der Waals surface area contributed by atoms with Crippen LogP contribution in [0.3, 0.4) is 0 Å². The van der Waals surface area contributed by atoms with Gasteiger partial charge < -0.3 is 24.8 Å². The van der Waals surface area contributed by atoms with E-state index in [1.54, 1.807) is 62.8 Å². The van der Waals surface area contributed by atoms with E-state index in [0.29, 0.717) is 28.7 Å². The lowest BCUT2D eigenvalue weighted by Gasteiger charge is -2.10. The van der Waals surface area contributed by atoms with Gasteiger partial charge >= 0.3 is 0 Å². The Kier molecular flexibility index (Phi) is 7.42. The van der Waals surface area contributed by atoms with Crippen molar-refractivity contribution in [1.29, 1.82) is 0 Å². The van der Waals surface area contributed by atoms with Crippen molar-refractivity contribution >= 4 is 23.6 Å². The summed E-state index contributed by atoms with van der Waals surface area (Å²) in [5.74, 6) is 1.57. The molecule has 0 aliphatic carbocycles. The van der Waals surface area contributed by atoms with Crippen molar-refractivity contribution in [2.24, 2.45) is 0 Å². The molecule has 8 heteroatoms. The van der Waals surface area contributed by atoms with E-state index in [4.69, 9.17) is 14.2 Å². The van der Waals surface area contributed by atoms with Gasteiger partial charge in [0.15, 0.2) is 11.5 Å². The van der Waals surface area contributed by atoms with Crippen molar-refractivity contribution < 1.29 is 23.8 Å². The van der Waals surface area contributed by atoms with E-state index in [9.17, 15) is 9.59 Å². The van der Waals surface area contributed by atoms with Crippen LogP contribution in [0, 0.1) is 0 Å². The van der Waals surface area contributed by atoms with Crippen molar-refractivity contribution in [3.05, 3.63) is 78.1 Å². The fourth-order valence-corrected chi connectivity index (χ4v) is 2.86. The number of pyridine rings is 1. The molecule has 164 valence electrons. The van der Waals surface area contributed by atoms with Crippen molar-refractivity contribution in [1.82, 2.24) is 10.3 Å². The molecule has 8 nitrogen and oxygen atoms in total. The zero-order valence-electron chi connectivity index (χ0n) is 17.9. The molecular formula is C24H23N3O5. The molecule has 2 amide bonds. The van der Waals surface area contributed by atoms with Crippen LogP contribution >= 0.6 is 0 Å². The molecule has 0 radical (unpaired) electrons. The van der Waals surface area contributed by atoms with Gasteiger partial charge in [-0.25, -0.2) is 0 Å². The van der Waals surface area contributed by atoms with E-state index in [1.165, 1.54) is 19.3 Å². The van der Waals surface area contributed by atoms with Gasteiger partial charge in [0.05, 0.1) is 14.2 Å². The number of nitrogens with zero attached hydrogens (tertiary/aromatic N) is 1. The smallest absolute Gasteiger partial charge is 0.269 e. The highest BCUT2D eigenvalue weighted by Gasteiger charge is 2.08. The van der Waals surface area contributed by atoms with Crippen molar-refractivity contribution in [3.63, 3.8) is 0 Å². The topological polar surface area (TPSA) is 98.8 Å². The number of methoxy groups -OCH3 is 2. The van der Waals surface area contributed by atoms with E-state index in [0.717, 1.165) is 5.56 Å². The highest BCUT2D eigenvalue weighted by atomic mass is 16.5. The van der Waals surface area contributed by atoms with E-state index < -0.39 is 0 Å². The molecule has 32 heavy (non-hydrogen) atoms. The largest absolute Gasteiger partial charge is 0.493 e. The first-order valence-corrected chi connectivity index (χ1v) is 9.70. The van der Waals surface area contributed by atoms with Crippen LogP contribution in [0.15, 0.2) is 66.9 Å². The number of ether oxygens (including phenoxy) is 3. The summed E-state index contributed by atoms with van der Waals surface area (Å²) in [5.41, 5.74) is 1.58. The van der Waals surface area contributed by atoms with Crippen LogP contribution in [-0.2, 0) is 4.79 Å². The summed E-state index contributed by atoms with van der Waals surface area (Å²) in [5, 5.41) is 5.30. The van der Waals surface area contributed by atoms with Crippen LogP contribution < -0.4 is 24.8 Å². The second-order valence-corrected chi connectivity index (χ2v) is 6.49. The maximum absolute atomic E-state index is 12.3. The number of carbonyl (C=O) groups excluding carboxylic acids is 2. The molecule has 3 rings (SSSR count). The summed E-state index contributed by atoms with van der Waals surface area (Å²) in [6, 6.07) is 15.5. The zero-order chi connectivity index (χ0) is 22.9. The molecule has 0 saturated carbocycles. The maximum Gasteiger partial charge on any atom is 0.269 e. The minimum atomic E-state index is -0.298. The number of benzene rings is 2. The Hall–Kier alpha value is -4.33. The number of para-hydroxylation sites is 1. The van der Waals surface area contributed by atoms with Gasteiger partial charge in [-0.1, -0.05) is 12.1 Å². The number of nitrogens with one attached hydrogen (secondary N) is 2. The van der Waals surface area contributed by atoms with Crippen molar-refractivity contribution in [2.45, 2.75) is 0 Å². The lowest BCUT2D eigenvalue weighted by atomic mass is 10.1. The monoisotopic (exact) mass is 433 g/mol. The average molecular weight is 433 g/mol. The number of rotatable bonds is 8. The van der Waals surface area contributed by atoms with Gasteiger partial charge in [-0.15, -0.1) is 0 Å². The zero-order valence-corrected chi connectivity index (χ0v) is 17.9. The molecule has 2 aromatic carbocycles. The first-order valence-electron chi connectivity index (χ1n) is 9.70. The molecule has 3 aromatic rings. The maximum atomic E-state index is 12.3. The number of amides is 2. The number of hydrogen-bond donors (Lipinski definition) is 2. The molecule has 1 aromatic heterocycles. The summed E-state index contributed by atoms with van der Waals surface area (Å²) in [4.78, 5) is 28.0. The predicted molar refractivity (Wildman–Crippen MR) is 121 cm³/mol. The molecule has 0 saturated heterocycles. The molecule has 0 aliphatic heterocycles. The number of aromatic nitrogens is 1. The average Bonchev–Trinajstić information content (AvgIpc) is 2.83. The van der Waals surface area contributed by atoms with Crippen LogP contribution in [0.2, 0.25) is 0 Å². The minimum absolute atomic E-state index is 0.258. The van der Waals surface area contributed by atoms with Gasteiger partial charge in [-0.3, -0.25) is 14.6 Å². The summed E-state index contributed by atoms with van der Waals surface area (Å²) in [6.07, 6.45) is 4.57. The van der Waals surface area contributed by atoms with Gasteiger partial charge in [0.2, 0.25) is 5.91 Å². The van der Waals surface area contributed by atoms with Gasteiger partial charge in [0, 0.05) is 36.6 Å². The fraction of sp³-hybridized carbons (Fsp3) is 0.125. The normalized spacial score (nSPS) is 10.5. The molecule has 1 heterocycles. The Labute approximate surface area is 185 Å². The summed E-state index contributed by atoms with van der Waals surface area (Å²) < 4.78 is 16.4. The molecule has 0 unspecified atom stereocenters. The Morgan fingerprint density at radius 1 is 0.969 bits per heavy atom. The van der Waals surface area contributed by atoms with Gasteiger partial charge in [-0.2, -0.15) is 0 Å². The Morgan fingerprint density at radius 3 is 2.44 bits per heavy atom. The molecular weight excluding hydrogens is 410 g/mol. The molecule has 0 aliphatic rings. The third-order valence-corrected chi connectivity index (χ3v) is 4.40. The summed E-state index contributed by atoms with van der Waals surface area (Å²) >= 11 is 0. The predicted octanol–water partition coefficient (Wildman–Crippen LogP) is 3.90. The third-order valence-electron chi connectivity index (χ3n) is 4.40. The Morgan fingerprint density at radius 2 is 1.75 bits per heavy atom. The van der Waals surface area contributed by atoms with Gasteiger partial charge in [0.1, 0.15) is 17.2 Å². The molecule has 2 N–H and O–H groups in total. The minimum Gasteiger partial charge on any atom is -0.493 e. The van der Waals surface area contributed by atoms with Crippen LogP contribution in [0.4, 0.5) is 5.69 Å². The van der Waals surface area contributed by atoms with E-state index >= 15 is 0 Å². The SMILES string of the molecule is CNC(=O)c1cc(Oc2ccc(NC(=O)C=Cc3cccc(OC)c3OC)cc2)ccn1. The number of carbonyl (C=O) groups is 2. The number of hydrogen-bond acceptors (Lipinski definition) is 6. The Balaban J connectivity index is 1.63. The van der Waals surface area contributed by atoms with E-state index in [1.807, 2.05) is 12.1 Å². The van der Waals surface area contributed by atoms with E-state index in [-0.39, 0.29) is 17.5 Å². The lowest BCUT2D eigenvalue weighted by molar-refractivity contribution is -0.111. The third kappa shape index (κ3) is 5.63. The lowest BCUT2D eigenvalue weighted by Crippen LogP contribution is -2.18. The summed E-state index contributed by atoms with van der Waals surface area (Å²) in [6.45, 7) is 0. The van der Waals surface area contributed by atoms with Crippen molar-refractivity contribution in [3.8, 4) is 23.0 Å². The Bertz CT molecular complexity index is 1130. The van der Waals surface area contributed by atoms with Crippen LogP contribution in [0.5, 0.6) is 23.0 Å². The van der Waals surface area contributed by atoms with E-state index in [2.05, 4.69) is 15.6 Å². The second-order valence-electron chi connectivity index (χ2n) is 6.49. The number of anilines is 1. The van der Waals surface area contributed by atoms with Gasteiger partial charge in [0.25, 0.3) is 5.91 Å². The summed E-state index contributed by atoms with van der Waals surface area (Å²) in [7, 11) is 4.64. The van der Waals surface area contributed by atoms with Crippen LogP contribution in [0.25, 0.3) is 6.08 Å². The highest BCUT2D eigenvalue weighted by molar-refractivity contribution is 6.02. The fourth-order valence-electron chi connectivity index (χ4n) is 2.86. The second kappa shape index (κ2) is 10.6. The quantitative estimate of drug-likeness (QED) is 0.523. The van der Waals surface area contributed by atoms with Crippen molar-refractivity contribution in [2.75, 3.05) is 26.6 Å². The van der Waals surface area contributed by atoms with Crippen LogP contribution in [-0.4, -0.2) is 38.1 Å². The molecule has 0 atom stereocenters. The molecule has 0 spiro atoms. The highest BCUT2D eigenvalue weighted by Crippen LogP contribution is 2.31. The van der Waals surface area contributed by atoms with Gasteiger partial charge in [-0.05, 0) is 42.5 Å². The standard InChI is InChI=1S/C24H23N3O5/c1-25-24(29)20-15-19(13-14-26-20)32-18-10-8-17(9-11-18)27-22(28)12-7-16-5-4-6-21(30-2)23(16)31-3/h4-15H,1-3H3,(H,25,29)(H,27,28).